The van der Waals surface area contributed by atoms with Crippen LogP contribution >= 0.6 is 0 Å². The fraction of sp³-hybridized carbons (Fsp3) is 0.130. The number of rotatable bonds is 8. The van der Waals surface area contributed by atoms with Gasteiger partial charge in [0, 0.05) is 11.1 Å². The lowest BCUT2D eigenvalue weighted by molar-refractivity contribution is -0.149. The van der Waals surface area contributed by atoms with Gasteiger partial charge in [-0.2, -0.15) is 0 Å². The van der Waals surface area contributed by atoms with E-state index in [9.17, 15) is 9.59 Å². The van der Waals surface area contributed by atoms with Crippen LogP contribution in [0.1, 0.15) is 22.0 Å². The summed E-state index contributed by atoms with van der Waals surface area (Å²) < 4.78 is 16.0. The predicted octanol–water partition coefficient (Wildman–Crippen LogP) is 4.24. The standard InChI is InChI=1S/C23H20O5/c1-26-19-12-14-20(15-13-19)27-16-21(24)28-23(18-10-6-3-7-11-18)22(25)17-8-4-2-5-9-17/h2-15,23H,16H2,1H3/t23-/m0/s1. The van der Waals surface area contributed by atoms with Gasteiger partial charge in [0.25, 0.3) is 0 Å². The minimum Gasteiger partial charge on any atom is -0.497 e. The van der Waals surface area contributed by atoms with E-state index < -0.39 is 12.1 Å². The lowest BCUT2D eigenvalue weighted by Gasteiger charge is -2.17. The molecule has 0 amide bonds. The van der Waals surface area contributed by atoms with Gasteiger partial charge in [0.05, 0.1) is 7.11 Å². The Kier molecular flexibility index (Phi) is 6.41. The average molecular weight is 376 g/mol. The van der Waals surface area contributed by atoms with Crippen LogP contribution in [0.5, 0.6) is 11.5 Å². The lowest BCUT2D eigenvalue weighted by Crippen LogP contribution is -2.23. The first-order chi connectivity index (χ1) is 13.7. The van der Waals surface area contributed by atoms with Gasteiger partial charge in [0.1, 0.15) is 11.5 Å². The highest BCUT2D eigenvalue weighted by Crippen LogP contribution is 2.23. The van der Waals surface area contributed by atoms with E-state index in [4.69, 9.17) is 14.2 Å². The highest BCUT2D eigenvalue weighted by Gasteiger charge is 2.26. The van der Waals surface area contributed by atoms with Crippen LogP contribution in [0.15, 0.2) is 84.9 Å². The van der Waals surface area contributed by atoms with Gasteiger partial charge >= 0.3 is 5.97 Å². The summed E-state index contributed by atoms with van der Waals surface area (Å²) in [7, 11) is 1.57. The third-order valence-electron chi connectivity index (χ3n) is 4.06. The molecule has 0 saturated heterocycles. The van der Waals surface area contributed by atoms with Crippen molar-refractivity contribution in [1.82, 2.24) is 0 Å². The van der Waals surface area contributed by atoms with Crippen molar-refractivity contribution in [2.45, 2.75) is 6.10 Å². The van der Waals surface area contributed by atoms with Crippen molar-refractivity contribution in [3.63, 3.8) is 0 Å². The molecule has 5 heteroatoms. The van der Waals surface area contributed by atoms with Gasteiger partial charge in [-0.15, -0.1) is 0 Å². The first-order valence-corrected chi connectivity index (χ1v) is 8.78. The summed E-state index contributed by atoms with van der Waals surface area (Å²) in [5.74, 6) is 0.273. The summed E-state index contributed by atoms with van der Waals surface area (Å²) in [4.78, 5) is 25.2. The SMILES string of the molecule is COc1ccc(OCC(=O)O[C@H](C(=O)c2ccccc2)c2ccccc2)cc1. The summed E-state index contributed by atoms with van der Waals surface area (Å²) in [5, 5.41) is 0. The summed E-state index contributed by atoms with van der Waals surface area (Å²) in [6.45, 7) is -0.308. The first-order valence-electron chi connectivity index (χ1n) is 8.78. The molecular formula is C23H20O5. The molecule has 0 saturated carbocycles. The van der Waals surface area contributed by atoms with Crippen molar-refractivity contribution in [3.8, 4) is 11.5 Å². The summed E-state index contributed by atoms with van der Waals surface area (Å²) in [6.07, 6.45) is -1.03. The third kappa shape index (κ3) is 4.98. The van der Waals surface area contributed by atoms with E-state index in [1.165, 1.54) is 0 Å². The quantitative estimate of drug-likeness (QED) is 0.435. The van der Waals surface area contributed by atoms with Crippen molar-refractivity contribution < 1.29 is 23.8 Å². The lowest BCUT2D eigenvalue weighted by atomic mass is 10.00. The molecular weight excluding hydrogens is 356 g/mol. The van der Waals surface area contributed by atoms with Crippen LogP contribution in [0.4, 0.5) is 0 Å². The smallest absolute Gasteiger partial charge is 0.345 e. The predicted molar refractivity (Wildman–Crippen MR) is 105 cm³/mol. The molecule has 0 spiro atoms. The van der Waals surface area contributed by atoms with E-state index in [-0.39, 0.29) is 12.4 Å². The molecule has 0 heterocycles. The maximum Gasteiger partial charge on any atom is 0.345 e. The second kappa shape index (κ2) is 9.37. The highest BCUT2D eigenvalue weighted by molar-refractivity contribution is 6.01. The Morgan fingerprint density at radius 1 is 0.786 bits per heavy atom. The summed E-state index contributed by atoms with van der Waals surface area (Å²) in [6, 6.07) is 24.5. The van der Waals surface area contributed by atoms with Crippen molar-refractivity contribution >= 4 is 11.8 Å². The number of Topliss-reactive ketones (excluding diaryl/α,β-unsaturated/α-hetero) is 1. The topological polar surface area (TPSA) is 61.8 Å². The Bertz CT molecular complexity index is 905. The number of carbonyl (C=O) groups excluding carboxylic acids is 2. The minimum atomic E-state index is -1.03. The van der Waals surface area contributed by atoms with E-state index in [1.807, 2.05) is 12.1 Å². The summed E-state index contributed by atoms with van der Waals surface area (Å²) in [5.41, 5.74) is 1.08. The molecule has 28 heavy (non-hydrogen) atoms. The second-order valence-electron chi connectivity index (χ2n) is 5.98. The van der Waals surface area contributed by atoms with Gasteiger partial charge in [-0.3, -0.25) is 4.79 Å². The van der Waals surface area contributed by atoms with Crippen LogP contribution in [0, 0.1) is 0 Å². The molecule has 0 N–H and O–H groups in total. The van der Waals surface area contributed by atoms with Crippen LogP contribution in [0.3, 0.4) is 0 Å². The van der Waals surface area contributed by atoms with Crippen LogP contribution in [-0.2, 0) is 9.53 Å². The first kappa shape index (κ1) is 19.2. The Hall–Kier alpha value is -3.60. The van der Waals surface area contributed by atoms with Crippen molar-refractivity contribution in [2.75, 3.05) is 13.7 Å². The van der Waals surface area contributed by atoms with Crippen molar-refractivity contribution in [2.24, 2.45) is 0 Å². The number of benzene rings is 3. The molecule has 3 aromatic carbocycles. The molecule has 142 valence electrons. The van der Waals surface area contributed by atoms with Gasteiger partial charge in [-0.05, 0) is 24.3 Å². The second-order valence-corrected chi connectivity index (χ2v) is 5.98. The molecule has 1 atom stereocenters. The molecule has 0 aliphatic carbocycles. The van der Waals surface area contributed by atoms with Crippen LogP contribution in [-0.4, -0.2) is 25.5 Å². The van der Waals surface area contributed by atoms with Gasteiger partial charge in [-0.1, -0.05) is 60.7 Å². The Morgan fingerprint density at radius 3 is 1.96 bits per heavy atom. The van der Waals surface area contributed by atoms with Crippen LogP contribution in [0.2, 0.25) is 0 Å². The zero-order chi connectivity index (χ0) is 19.8. The van der Waals surface area contributed by atoms with E-state index in [1.54, 1.807) is 79.9 Å². The molecule has 5 nitrogen and oxygen atoms in total. The molecule has 0 radical (unpaired) electrons. The minimum absolute atomic E-state index is 0.287. The fourth-order valence-electron chi connectivity index (χ4n) is 2.63. The molecule has 0 aliphatic heterocycles. The third-order valence-corrected chi connectivity index (χ3v) is 4.06. The van der Waals surface area contributed by atoms with E-state index in [0.717, 1.165) is 0 Å². The molecule has 0 aromatic heterocycles. The maximum atomic E-state index is 12.9. The number of ether oxygens (including phenoxy) is 3. The zero-order valence-corrected chi connectivity index (χ0v) is 15.4. The number of ketones is 1. The Balaban J connectivity index is 1.70. The number of hydrogen-bond donors (Lipinski definition) is 0. The molecule has 0 fully saturated rings. The molecule has 0 aliphatic rings. The normalized spacial score (nSPS) is 11.3. The zero-order valence-electron chi connectivity index (χ0n) is 15.4. The van der Waals surface area contributed by atoms with Crippen molar-refractivity contribution in [1.29, 1.82) is 0 Å². The van der Waals surface area contributed by atoms with Gasteiger partial charge < -0.3 is 14.2 Å². The van der Waals surface area contributed by atoms with Crippen LogP contribution in [0.25, 0.3) is 0 Å². The van der Waals surface area contributed by atoms with Gasteiger partial charge in [-0.25, -0.2) is 4.79 Å². The van der Waals surface area contributed by atoms with E-state index in [0.29, 0.717) is 22.6 Å². The number of esters is 1. The maximum absolute atomic E-state index is 12.9. The van der Waals surface area contributed by atoms with Crippen molar-refractivity contribution in [3.05, 3.63) is 96.1 Å². The Morgan fingerprint density at radius 2 is 1.36 bits per heavy atom. The van der Waals surface area contributed by atoms with Gasteiger partial charge in [0.15, 0.2) is 12.7 Å². The molecule has 0 bridgehead atoms. The largest absolute Gasteiger partial charge is 0.497 e. The van der Waals surface area contributed by atoms with E-state index in [2.05, 4.69) is 0 Å². The number of carbonyl (C=O) groups is 2. The molecule has 3 rings (SSSR count). The number of methoxy groups -OCH3 is 1. The average Bonchev–Trinajstić information content (AvgIpc) is 2.77. The monoisotopic (exact) mass is 376 g/mol. The molecule has 3 aromatic rings. The Labute approximate surface area is 163 Å². The summed E-state index contributed by atoms with van der Waals surface area (Å²) >= 11 is 0. The van der Waals surface area contributed by atoms with Gasteiger partial charge in [0.2, 0.25) is 5.78 Å². The fourth-order valence-corrected chi connectivity index (χ4v) is 2.63. The van der Waals surface area contributed by atoms with Crippen LogP contribution < -0.4 is 9.47 Å². The highest BCUT2D eigenvalue weighted by atomic mass is 16.6. The number of hydrogen-bond acceptors (Lipinski definition) is 5. The van der Waals surface area contributed by atoms with E-state index >= 15 is 0 Å². The molecule has 0 unspecified atom stereocenters.